The van der Waals surface area contributed by atoms with E-state index in [1.807, 2.05) is 32.9 Å². The number of carbonyl (C=O) groups is 1. The van der Waals surface area contributed by atoms with Gasteiger partial charge in [0, 0.05) is 5.57 Å². The van der Waals surface area contributed by atoms with Gasteiger partial charge in [-0.2, -0.15) is 0 Å². The molecule has 1 aliphatic heterocycles. The minimum absolute atomic E-state index is 0.327. The molecule has 2 N–H and O–H groups in total. The minimum atomic E-state index is -0.709. The van der Waals surface area contributed by atoms with Crippen LogP contribution in [0.1, 0.15) is 46.5 Å². The largest absolute Gasteiger partial charge is 0.454 e. The number of hydrogen-bond donors (Lipinski definition) is 2. The quantitative estimate of drug-likeness (QED) is 0.406. The monoisotopic (exact) mass is 332 g/mol. The molecule has 132 valence electrons. The van der Waals surface area contributed by atoms with Crippen molar-refractivity contribution < 1.29 is 19.7 Å². The molecule has 1 fully saturated rings. The maximum absolute atomic E-state index is 11.9. The Labute approximate surface area is 144 Å². The summed E-state index contributed by atoms with van der Waals surface area (Å²) in [6.07, 6.45) is 6.77. The Morgan fingerprint density at radius 3 is 2.50 bits per heavy atom. The van der Waals surface area contributed by atoms with E-state index in [4.69, 9.17) is 4.74 Å². The van der Waals surface area contributed by atoms with Crippen LogP contribution in [0.25, 0.3) is 0 Å². The molecule has 2 aliphatic rings. The zero-order valence-electron chi connectivity index (χ0n) is 14.8. The molecule has 4 heteroatoms. The number of aliphatic hydroxyl groups is 2. The van der Waals surface area contributed by atoms with Gasteiger partial charge in [-0.15, -0.1) is 0 Å². The summed E-state index contributed by atoms with van der Waals surface area (Å²) < 4.78 is 5.38. The topological polar surface area (TPSA) is 66.8 Å². The molecule has 1 saturated heterocycles. The lowest BCUT2D eigenvalue weighted by molar-refractivity contribution is -0.137. The van der Waals surface area contributed by atoms with Gasteiger partial charge in [-0.25, -0.2) is 4.79 Å². The highest BCUT2D eigenvalue weighted by molar-refractivity contribution is 5.91. The molecule has 0 saturated carbocycles. The van der Waals surface area contributed by atoms with E-state index < -0.39 is 30.2 Å². The van der Waals surface area contributed by atoms with Gasteiger partial charge in [0.05, 0.1) is 18.1 Å². The highest BCUT2D eigenvalue weighted by atomic mass is 16.6. The van der Waals surface area contributed by atoms with Crippen molar-refractivity contribution >= 4 is 5.97 Å². The van der Waals surface area contributed by atoms with Crippen molar-refractivity contribution in [3.8, 4) is 0 Å². The Hall–Kier alpha value is -1.65. The summed E-state index contributed by atoms with van der Waals surface area (Å²) in [5.74, 6) is -0.886. The molecular weight excluding hydrogens is 304 g/mol. The summed E-state index contributed by atoms with van der Waals surface area (Å²) in [4.78, 5) is 11.9. The van der Waals surface area contributed by atoms with E-state index in [1.54, 1.807) is 0 Å². The second-order valence-electron chi connectivity index (χ2n) is 7.08. The Kier molecular flexibility index (Phi) is 6.19. The van der Waals surface area contributed by atoms with Gasteiger partial charge in [-0.3, -0.25) is 0 Å². The first kappa shape index (κ1) is 18.7. The maximum atomic E-state index is 11.9. The van der Waals surface area contributed by atoms with E-state index in [9.17, 15) is 15.0 Å². The number of esters is 1. The molecule has 0 unspecified atom stereocenters. The van der Waals surface area contributed by atoms with Crippen molar-refractivity contribution in [1.82, 2.24) is 0 Å². The minimum Gasteiger partial charge on any atom is -0.454 e. The lowest BCUT2D eigenvalue weighted by atomic mass is 9.86. The van der Waals surface area contributed by atoms with Gasteiger partial charge in [0.15, 0.2) is 0 Å². The molecule has 24 heavy (non-hydrogen) atoms. The highest BCUT2D eigenvalue weighted by Crippen LogP contribution is 2.34. The van der Waals surface area contributed by atoms with Gasteiger partial charge in [-0.1, -0.05) is 35.5 Å². The summed E-state index contributed by atoms with van der Waals surface area (Å²) in [7, 11) is 0. The molecule has 0 spiro atoms. The first-order valence-corrected chi connectivity index (χ1v) is 8.54. The lowest BCUT2D eigenvalue weighted by Crippen LogP contribution is -2.28. The normalized spacial score (nSPS) is 39.5. The van der Waals surface area contributed by atoms with Crippen molar-refractivity contribution in [1.29, 1.82) is 0 Å². The van der Waals surface area contributed by atoms with Gasteiger partial charge < -0.3 is 14.9 Å². The molecule has 0 aromatic rings. The molecule has 2 rings (SSSR count). The van der Waals surface area contributed by atoms with Crippen molar-refractivity contribution in [2.45, 2.75) is 64.8 Å². The predicted molar refractivity (Wildman–Crippen MR) is 94.3 cm³/mol. The first-order valence-electron chi connectivity index (χ1n) is 8.54. The number of ether oxygens (including phenoxy) is 1. The number of hydrogen-bond acceptors (Lipinski definition) is 4. The molecule has 0 aromatic heterocycles. The van der Waals surface area contributed by atoms with Crippen LogP contribution in [0, 0.1) is 5.92 Å². The molecule has 4 nitrogen and oxygen atoms in total. The maximum Gasteiger partial charge on any atom is 0.334 e. The molecule has 1 aliphatic carbocycles. The molecule has 0 amide bonds. The van der Waals surface area contributed by atoms with E-state index in [0.29, 0.717) is 18.4 Å². The molecular formula is C20H28O4. The van der Waals surface area contributed by atoms with Crippen molar-refractivity contribution in [3.05, 3.63) is 47.1 Å². The Morgan fingerprint density at radius 2 is 1.79 bits per heavy atom. The summed E-state index contributed by atoms with van der Waals surface area (Å²) in [5.41, 5.74) is 3.49. The molecule has 4 atom stereocenters. The van der Waals surface area contributed by atoms with Crippen LogP contribution in [-0.2, 0) is 9.53 Å². The van der Waals surface area contributed by atoms with Crippen molar-refractivity contribution in [2.24, 2.45) is 5.92 Å². The fraction of sp³-hybridized carbons (Fsp3) is 0.550. The highest BCUT2D eigenvalue weighted by Gasteiger charge is 2.41. The van der Waals surface area contributed by atoms with Crippen LogP contribution >= 0.6 is 0 Å². The summed E-state index contributed by atoms with van der Waals surface area (Å²) in [5, 5.41) is 20.8. The van der Waals surface area contributed by atoms with E-state index in [0.717, 1.165) is 29.6 Å². The number of carbonyl (C=O) groups excluding carboxylic acids is 1. The van der Waals surface area contributed by atoms with Crippen LogP contribution in [0.2, 0.25) is 0 Å². The third kappa shape index (κ3) is 4.68. The Morgan fingerprint density at radius 1 is 1.08 bits per heavy atom. The van der Waals surface area contributed by atoms with Gasteiger partial charge in [0.25, 0.3) is 0 Å². The number of aliphatic hydroxyl groups excluding tert-OH is 2. The SMILES string of the molecule is C=C1C(=O)O[C@H]2/C=C(/C)C[C@H](O)/C=C(/C)CC/C=C(/C)C[C@@H](O)[C@H]12. The van der Waals surface area contributed by atoms with Gasteiger partial charge >= 0.3 is 5.97 Å². The van der Waals surface area contributed by atoms with Gasteiger partial charge in [0.1, 0.15) is 6.10 Å². The van der Waals surface area contributed by atoms with Crippen LogP contribution in [-0.4, -0.2) is 34.5 Å². The van der Waals surface area contributed by atoms with Crippen molar-refractivity contribution in [3.63, 3.8) is 0 Å². The van der Waals surface area contributed by atoms with Crippen LogP contribution in [0.3, 0.4) is 0 Å². The number of allylic oxidation sites excluding steroid dienone is 2. The fourth-order valence-corrected chi connectivity index (χ4v) is 3.43. The van der Waals surface area contributed by atoms with Crippen LogP contribution in [0.15, 0.2) is 47.1 Å². The average molecular weight is 332 g/mol. The molecule has 0 radical (unpaired) electrons. The predicted octanol–water partition coefficient (Wildman–Crippen LogP) is 3.22. The third-order valence-corrected chi connectivity index (χ3v) is 4.70. The Balaban J connectivity index is 2.33. The van der Waals surface area contributed by atoms with Crippen molar-refractivity contribution in [2.75, 3.05) is 0 Å². The second-order valence-corrected chi connectivity index (χ2v) is 7.08. The first-order chi connectivity index (χ1) is 11.3. The van der Waals surface area contributed by atoms with Gasteiger partial charge in [-0.05, 0) is 52.5 Å². The number of fused-ring (bicyclic) bond motifs is 1. The summed E-state index contributed by atoms with van der Waals surface area (Å²) >= 11 is 0. The van der Waals surface area contributed by atoms with E-state index >= 15 is 0 Å². The van der Waals surface area contributed by atoms with Crippen LogP contribution < -0.4 is 0 Å². The average Bonchev–Trinajstić information content (AvgIpc) is 2.71. The zero-order valence-corrected chi connectivity index (χ0v) is 14.8. The zero-order chi connectivity index (χ0) is 17.9. The number of rotatable bonds is 0. The molecule has 0 bridgehead atoms. The smallest absolute Gasteiger partial charge is 0.334 e. The Bertz CT molecular complexity index is 597. The summed E-state index contributed by atoms with van der Waals surface area (Å²) in [6.45, 7) is 9.71. The van der Waals surface area contributed by atoms with E-state index in [1.165, 1.54) is 0 Å². The van der Waals surface area contributed by atoms with E-state index in [-0.39, 0.29) is 0 Å². The second kappa shape index (κ2) is 7.95. The van der Waals surface area contributed by atoms with Crippen LogP contribution in [0.5, 0.6) is 0 Å². The third-order valence-electron chi connectivity index (χ3n) is 4.70. The lowest BCUT2D eigenvalue weighted by Gasteiger charge is -2.22. The fourth-order valence-electron chi connectivity index (χ4n) is 3.43. The van der Waals surface area contributed by atoms with Crippen LogP contribution in [0.4, 0.5) is 0 Å². The summed E-state index contributed by atoms with van der Waals surface area (Å²) in [6, 6.07) is 0. The molecule has 0 aromatic carbocycles. The van der Waals surface area contributed by atoms with Gasteiger partial charge in [0.2, 0.25) is 0 Å². The standard InChI is InChI=1S/C20H28O4/c1-12-6-5-7-13(2)10-17(22)19-15(4)20(23)24-18(19)11-14(3)9-16(21)8-12/h7-8,11,16-19,21-22H,4-6,9-10H2,1-3H3/b12-8-,13-7-,14-11-/t16-,17-,18+,19+/m1/s1. The molecule has 1 heterocycles. The van der Waals surface area contributed by atoms with E-state index in [2.05, 4.69) is 12.7 Å².